The molecule has 37 heavy (non-hydrogen) atoms. The number of nitrogens with zero attached hydrogens (tertiary/aromatic N) is 1. The van der Waals surface area contributed by atoms with Crippen molar-refractivity contribution in [3.05, 3.63) is 99.3 Å². The molecule has 1 aliphatic heterocycles. The molecular formula is C28H24Cl2FN3O3. The van der Waals surface area contributed by atoms with Crippen LogP contribution in [0.25, 0.3) is 0 Å². The van der Waals surface area contributed by atoms with E-state index >= 15 is 0 Å². The van der Waals surface area contributed by atoms with E-state index in [0.717, 1.165) is 30.5 Å². The highest BCUT2D eigenvalue weighted by molar-refractivity contribution is 6.42. The zero-order valence-corrected chi connectivity index (χ0v) is 21.1. The molecular weight excluding hydrogens is 516 g/mol. The first-order valence-corrected chi connectivity index (χ1v) is 12.7. The molecule has 2 amide bonds. The number of anilines is 1. The molecule has 1 fully saturated rings. The highest BCUT2D eigenvalue weighted by Crippen LogP contribution is 2.36. The summed E-state index contributed by atoms with van der Waals surface area (Å²) in [6, 6.07) is 17.2. The van der Waals surface area contributed by atoms with Gasteiger partial charge < -0.3 is 15.7 Å². The highest BCUT2D eigenvalue weighted by Gasteiger charge is 2.36. The Bertz CT molecular complexity index is 1380. The molecule has 0 aromatic heterocycles. The van der Waals surface area contributed by atoms with Gasteiger partial charge in [0.25, 0.3) is 5.91 Å². The largest absolute Gasteiger partial charge is 0.387 e. The number of aliphatic imine (C=N–C) groups is 1. The molecule has 190 valence electrons. The van der Waals surface area contributed by atoms with E-state index in [2.05, 4.69) is 10.6 Å². The minimum Gasteiger partial charge on any atom is -0.387 e. The predicted octanol–water partition coefficient (Wildman–Crippen LogP) is 5.63. The van der Waals surface area contributed by atoms with E-state index in [9.17, 15) is 19.1 Å². The van der Waals surface area contributed by atoms with Crippen LogP contribution in [0, 0.1) is 11.7 Å². The molecule has 1 aliphatic carbocycles. The second-order valence-corrected chi connectivity index (χ2v) is 10.1. The summed E-state index contributed by atoms with van der Waals surface area (Å²) in [6.07, 6.45) is 0.417. The van der Waals surface area contributed by atoms with Gasteiger partial charge in [-0.05, 0) is 54.3 Å². The van der Waals surface area contributed by atoms with E-state index < -0.39 is 35.8 Å². The zero-order chi connectivity index (χ0) is 26.1. The number of amides is 2. The molecule has 9 heteroatoms. The van der Waals surface area contributed by atoms with Crippen molar-refractivity contribution in [1.29, 1.82) is 0 Å². The molecule has 0 bridgehead atoms. The van der Waals surface area contributed by atoms with Gasteiger partial charge in [0.1, 0.15) is 5.82 Å². The van der Waals surface area contributed by atoms with Crippen LogP contribution < -0.4 is 10.6 Å². The summed E-state index contributed by atoms with van der Waals surface area (Å²) in [6.45, 7) is 0. The first-order valence-electron chi connectivity index (χ1n) is 12.0. The maximum atomic E-state index is 13.7. The molecule has 1 saturated carbocycles. The van der Waals surface area contributed by atoms with Gasteiger partial charge in [-0.25, -0.2) is 4.39 Å². The fraction of sp³-hybridized carbons (Fsp3) is 0.250. The molecule has 0 saturated heterocycles. The lowest BCUT2D eigenvalue weighted by Crippen LogP contribution is -2.45. The van der Waals surface area contributed by atoms with Crippen LogP contribution >= 0.6 is 23.2 Å². The number of para-hydroxylation sites is 1. The summed E-state index contributed by atoms with van der Waals surface area (Å²) in [4.78, 5) is 31.5. The number of fused-ring (bicyclic) bond motifs is 1. The second kappa shape index (κ2) is 10.6. The number of benzene rings is 3. The fourth-order valence-electron chi connectivity index (χ4n) is 4.65. The Morgan fingerprint density at radius 1 is 1.03 bits per heavy atom. The maximum absolute atomic E-state index is 13.7. The number of carbonyl (C=O) groups excluding carboxylic acids is 2. The number of hydrogen-bond acceptors (Lipinski definition) is 4. The number of aliphatic hydroxyl groups is 1. The molecule has 3 N–H and O–H groups in total. The first-order chi connectivity index (χ1) is 17.8. The summed E-state index contributed by atoms with van der Waals surface area (Å²) in [5.74, 6) is -2.60. The Hall–Kier alpha value is -3.26. The van der Waals surface area contributed by atoms with Gasteiger partial charge in [0.15, 0.2) is 0 Å². The molecule has 2 aliphatic rings. The first kappa shape index (κ1) is 25.4. The van der Waals surface area contributed by atoms with Gasteiger partial charge >= 0.3 is 0 Å². The molecule has 5 rings (SSSR count). The summed E-state index contributed by atoms with van der Waals surface area (Å²) in [7, 11) is 0. The van der Waals surface area contributed by atoms with Crippen LogP contribution in [0.3, 0.4) is 0 Å². The van der Waals surface area contributed by atoms with Crippen molar-refractivity contribution >= 4 is 46.4 Å². The molecule has 3 aromatic rings. The fourth-order valence-corrected chi connectivity index (χ4v) is 4.96. The molecule has 1 heterocycles. The SMILES string of the molecule is O=C1Nc2ccccc2C(C2CCC2)=NC1NC(=O)C(c1ccc(F)cc1)[C@@H](O)c1ccc(Cl)c(Cl)c1. The van der Waals surface area contributed by atoms with Crippen LogP contribution in [0.15, 0.2) is 71.7 Å². The van der Waals surface area contributed by atoms with Crippen molar-refractivity contribution in [3.63, 3.8) is 0 Å². The topological polar surface area (TPSA) is 90.8 Å². The Labute approximate surface area is 223 Å². The Kier molecular flexibility index (Phi) is 7.29. The maximum Gasteiger partial charge on any atom is 0.269 e. The summed E-state index contributed by atoms with van der Waals surface area (Å²) < 4.78 is 13.7. The van der Waals surface area contributed by atoms with Gasteiger partial charge in [-0.2, -0.15) is 0 Å². The number of rotatable bonds is 6. The molecule has 6 nitrogen and oxygen atoms in total. The van der Waals surface area contributed by atoms with Crippen molar-refractivity contribution < 1.29 is 19.1 Å². The second-order valence-electron chi connectivity index (χ2n) is 9.24. The minimum absolute atomic E-state index is 0.197. The zero-order valence-electron chi connectivity index (χ0n) is 19.6. The van der Waals surface area contributed by atoms with E-state index in [0.29, 0.717) is 21.8 Å². The van der Waals surface area contributed by atoms with Crippen molar-refractivity contribution in [3.8, 4) is 0 Å². The lowest BCUT2D eigenvalue weighted by molar-refractivity contribution is -0.129. The Morgan fingerprint density at radius 3 is 2.41 bits per heavy atom. The van der Waals surface area contributed by atoms with Crippen LogP contribution in [0.1, 0.15) is 48.0 Å². The smallest absolute Gasteiger partial charge is 0.269 e. The summed E-state index contributed by atoms with van der Waals surface area (Å²) in [5.41, 5.74) is 2.95. The lowest BCUT2D eigenvalue weighted by atomic mass is 9.79. The van der Waals surface area contributed by atoms with E-state index in [1.54, 1.807) is 12.1 Å². The number of carbonyl (C=O) groups is 2. The van der Waals surface area contributed by atoms with E-state index in [4.69, 9.17) is 28.2 Å². The normalized spacial score (nSPS) is 19.0. The average Bonchev–Trinajstić information content (AvgIpc) is 2.97. The van der Waals surface area contributed by atoms with Crippen molar-refractivity contribution in [1.82, 2.24) is 5.32 Å². The van der Waals surface area contributed by atoms with Crippen LogP contribution in [0.2, 0.25) is 10.0 Å². The standard InChI is InChI=1S/C28H24Cl2FN3O3/c29-20-13-10-17(14-21(20)30)25(35)23(15-8-11-18(31)12-9-15)27(36)34-26-28(37)32-22-7-2-1-6-19(22)24(33-26)16-4-3-5-16/h1-2,6-14,16,23,25-26,35H,3-5H2,(H,32,37)(H,34,36)/t23?,25-,26?/m0/s1. The molecule has 0 radical (unpaired) electrons. The number of halogens is 3. The summed E-state index contributed by atoms with van der Waals surface area (Å²) in [5, 5.41) is 17.4. The van der Waals surface area contributed by atoms with Gasteiger partial charge in [-0.15, -0.1) is 0 Å². The number of hydrogen-bond donors (Lipinski definition) is 3. The highest BCUT2D eigenvalue weighted by atomic mass is 35.5. The Morgan fingerprint density at radius 2 is 1.73 bits per heavy atom. The van der Waals surface area contributed by atoms with Crippen molar-refractivity contribution in [2.45, 2.75) is 37.5 Å². The van der Waals surface area contributed by atoms with Crippen LogP contribution in [0.5, 0.6) is 0 Å². The number of nitrogens with one attached hydrogen (secondary N) is 2. The monoisotopic (exact) mass is 539 g/mol. The number of aliphatic hydroxyl groups excluding tert-OH is 1. The van der Waals surface area contributed by atoms with Crippen LogP contribution in [-0.2, 0) is 9.59 Å². The third-order valence-electron chi connectivity index (χ3n) is 6.86. The Balaban J connectivity index is 1.49. The average molecular weight is 540 g/mol. The van der Waals surface area contributed by atoms with Gasteiger partial charge in [-0.3, -0.25) is 14.6 Å². The van der Waals surface area contributed by atoms with Crippen molar-refractivity contribution in [2.75, 3.05) is 5.32 Å². The lowest BCUT2D eigenvalue weighted by Gasteiger charge is -2.28. The van der Waals surface area contributed by atoms with Crippen LogP contribution in [-0.4, -0.2) is 28.8 Å². The molecule has 2 unspecified atom stereocenters. The minimum atomic E-state index is -1.36. The van der Waals surface area contributed by atoms with Crippen LogP contribution in [0.4, 0.5) is 10.1 Å². The third-order valence-corrected chi connectivity index (χ3v) is 7.60. The quantitative estimate of drug-likeness (QED) is 0.379. The van der Waals surface area contributed by atoms with E-state index in [-0.39, 0.29) is 10.9 Å². The number of benzodiazepines with no additional fused rings is 1. The van der Waals surface area contributed by atoms with Gasteiger partial charge in [0.05, 0.1) is 27.8 Å². The molecule has 3 aromatic carbocycles. The third kappa shape index (κ3) is 5.25. The van der Waals surface area contributed by atoms with E-state index in [1.807, 2.05) is 18.2 Å². The predicted molar refractivity (Wildman–Crippen MR) is 141 cm³/mol. The van der Waals surface area contributed by atoms with E-state index in [1.165, 1.54) is 36.4 Å². The molecule has 3 atom stereocenters. The molecule has 0 spiro atoms. The van der Waals surface area contributed by atoms with Gasteiger partial charge in [0.2, 0.25) is 12.1 Å². The van der Waals surface area contributed by atoms with Crippen molar-refractivity contribution in [2.24, 2.45) is 10.9 Å². The summed E-state index contributed by atoms with van der Waals surface area (Å²) >= 11 is 12.2. The van der Waals surface area contributed by atoms with Gasteiger partial charge in [-0.1, -0.05) is 66.0 Å². The van der Waals surface area contributed by atoms with Gasteiger partial charge in [0, 0.05) is 17.2 Å².